The molecule has 0 aromatic heterocycles. The van der Waals surface area contributed by atoms with Crippen LogP contribution in [0, 0.1) is 0 Å². The summed E-state index contributed by atoms with van der Waals surface area (Å²) in [5, 5.41) is 3.26. The van der Waals surface area contributed by atoms with Crippen molar-refractivity contribution < 1.29 is 4.79 Å². The van der Waals surface area contributed by atoms with Crippen molar-refractivity contribution in [3.63, 3.8) is 0 Å². The summed E-state index contributed by atoms with van der Waals surface area (Å²) >= 11 is 0. The third-order valence-electron chi connectivity index (χ3n) is 3.16. The molecule has 1 amide bonds. The molecule has 92 valence electrons. The minimum Gasteiger partial charge on any atom is -0.374 e. The number of rotatable bonds is 2. The van der Waals surface area contributed by atoms with Gasteiger partial charge in [0.2, 0.25) is 5.91 Å². The number of carbonyl (C=O) groups excluding carboxylic acids is 1. The van der Waals surface area contributed by atoms with E-state index in [0.717, 1.165) is 11.4 Å². The zero-order valence-electron chi connectivity index (χ0n) is 10.9. The summed E-state index contributed by atoms with van der Waals surface area (Å²) in [4.78, 5) is 13.8. The van der Waals surface area contributed by atoms with Crippen molar-refractivity contribution in [1.82, 2.24) is 0 Å². The summed E-state index contributed by atoms with van der Waals surface area (Å²) in [7, 11) is 0. The highest BCUT2D eigenvalue weighted by molar-refractivity contribution is 6.03. The Morgan fingerprint density at radius 1 is 1.24 bits per heavy atom. The van der Waals surface area contributed by atoms with Crippen LogP contribution in [0.5, 0.6) is 0 Å². The number of hydrogen-bond donors (Lipinski definition) is 1. The maximum atomic E-state index is 11.9. The third-order valence-corrected chi connectivity index (χ3v) is 3.16. The predicted molar refractivity (Wildman–Crippen MR) is 71.6 cm³/mol. The summed E-state index contributed by atoms with van der Waals surface area (Å²) < 4.78 is 0. The van der Waals surface area contributed by atoms with Crippen molar-refractivity contribution >= 4 is 17.3 Å². The third kappa shape index (κ3) is 2.02. The molecule has 1 aliphatic heterocycles. The van der Waals surface area contributed by atoms with E-state index in [1.807, 2.05) is 17.0 Å². The molecule has 0 fully saturated rings. The van der Waals surface area contributed by atoms with Crippen molar-refractivity contribution in [2.24, 2.45) is 0 Å². The zero-order valence-corrected chi connectivity index (χ0v) is 10.9. The molecule has 2 rings (SSSR count). The van der Waals surface area contributed by atoms with E-state index in [1.54, 1.807) is 0 Å². The maximum Gasteiger partial charge on any atom is 0.246 e. The molecule has 1 aliphatic rings. The van der Waals surface area contributed by atoms with Gasteiger partial charge in [-0.05, 0) is 31.4 Å². The molecule has 1 aromatic carbocycles. The molecule has 0 aliphatic carbocycles. The largest absolute Gasteiger partial charge is 0.374 e. The van der Waals surface area contributed by atoms with Crippen LogP contribution in [-0.4, -0.2) is 18.5 Å². The van der Waals surface area contributed by atoms with Gasteiger partial charge in [0.25, 0.3) is 0 Å². The number of nitrogens with one attached hydrogen (secondary N) is 1. The molecule has 1 aromatic rings. The average molecular weight is 232 g/mol. The molecule has 0 unspecified atom stereocenters. The molecular weight excluding hydrogens is 212 g/mol. The van der Waals surface area contributed by atoms with Crippen molar-refractivity contribution in [3.05, 3.63) is 23.8 Å². The predicted octanol–water partition coefficient (Wildman–Crippen LogP) is 2.98. The monoisotopic (exact) mass is 232 g/mol. The highest BCUT2D eigenvalue weighted by Crippen LogP contribution is 2.37. The fourth-order valence-corrected chi connectivity index (χ4v) is 2.38. The number of nitrogens with zero attached hydrogens (tertiary/aromatic N) is 1. The highest BCUT2D eigenvalue weighted by atomic mass is 16.2. The Labute approximate surface area is 103 Å². The van der Waals surface area contributed by atoms with Gasteiger partial charge in [0, 0.05) is 6.04 Å². The standard InChI is InChI=1S/C14H20N2O/c1-9(2)11-6-5-7-12-14(11)15-8-13(17)16(12)10(3)4/h5-7,9-10,15H,8H2,1-4H3. The first-order chi connectivity index (χ1) is 8.02. The number of fused-ring (bicyclic) bond motifs is 1. The first kappa shape index (κ1) is 12.0. The van der Waals surface area contributed by atoms with Crippen molar-refractivity contribution in [3.8, 4) is 0 Å². The average Bonchev–Trinajstić information content (AvgIpc) is 2.26. The molecule has 0 saturated heterocycles. The van der Waals surface area contributed by atoms with Crippen LogP contribution in [0.1, 0.15) is 39.2 Å². The summed E-state index contributed by atoms with van der Waals surface area (Å²) in [5.74, 6) is 0.605. The molecule has 3 nitrogen and oxygen atoms in total. The SMILES string of the molecule is CC(C)c1cccc2c1NCC(=O)N2C(C)C. The summed E-state index contributed by atoms with van der Waals surface area (Å²) in [6.45, 7) is 8.85. The molecule has 0 bridgehead atoms. The molecule has 0 radical (unpaired) electrons. The first-order valence-corrected chi connectivity index (χ1v) is 6.21. The van der Waals surface area contributed by atoms with E-state index >= 15 is 0 Å². The molecule has 3 heteroatoms. The highest BCUT2D eigenvalue weighted by Gasteiger charge is 2.27. The lowest BCUT2D eigenvalue weighted by Crippen LogP contribution is -2.44. The molecule has 1 N–H and O–H groups in total. The second-order valence-electron chi connectivity index (χ2n) is 5.11. The maximum absolute atomic E-state index is 11.9. The van der Waals surface area contributed by atoms with Crippen molar-refractivity contribution in [2.75, 3.05) is 16.8 Å². The molecule has 17 heavy (non-hydrogen) atoms. The normalized spacial score (nSPS) is 15.2. The molecule has 0 spiro atoms. The van der Waals surface area contributed by atoms with Crippen LogP contribution < -0.4 is 10.2 Å². The van der Waals surface area contributed by atoms with Crippen LogP contribution in [0.25, 0.3) is 0 Å². The molecule has 0 saturated carbocycles. The van der Waals surface area contributed by atoms with Crippen molar-refractivity contribution in [1.29, 1.82) is 0 Å². The fourth-order valence-electron chi connectivity index (χ4n) is 2.38. The Balaban J connectivity index is 2.54. The lowest BCUT2D eigenvalue weighted by molar-refractivity contribution is -0.117. The van der Waals surface area contributed by atoms with E-state index in [0.29, 0.717) is 12.5 Å². The zero-order chi connectivity index (χ0) is 12.6. The number of hydrogen-bond acceptors (Lipinski definition) is 2. The van der Waals surface area contributed by atoms with Crippen LogP contribution in [0.3, 0.4) is 0 Å². The van der Waals surface area contributed by atoms with E-state index in [4.69, 9.17) is 0 Å². The Hall–Kier alpha value is -1.51. The summed E-state index contributed by atoms with van der Waals surface area (Å²) in [6.07, 6.45) is 0. The lowest BCUT2D eigenvalue weighted by atomic mass is 9.98. The van der Waals surface area contributed by atoms with E-state index in [1.165, 1.54) is 5.56 Å². The van der Waals surface area contributed by atoms with Gasteiger partial charge in [-0.1, -0.05) is 26.0 Å². The van der Waals surface area contributed by atoms with Gasteiger partial charge in [-0.2, -0.15) is 0 Å². The van der Waals surface area contributed by atoms with Gasteiger partial charge in [0.1, 0.15) is 0 Å². The molecule has 0 atom stereocenters. The van der Waals surface area contributed by atoms with Gasteiger partial charge in [-0.3, -0.25) is 4.79 Å². The Bertz CT molecular complexity index is 438. The van der Waals surface area contributed by atoms with Gasteiger partial charge >= 0.3 is 0 Å². The van der Waals surface area contributed by atoms with Crippen LogP contribution in [-0.2, 0) is 4.79 Å². The number of amides is 1. The first-order valence-electron chi connectivity index (χ1n) is 6.21. The smallest absolute Gasteiger partial charge is 0.246 e. The number of benzene rings is 1. The minimum absolute atomic E-state index is 0.147. The number of para-hydroxylation sites is 1. The van der Waals surface area contributed by atoms with Crippen LogP contribution in [0.15, 0.2) is 18.2 Å². The van der Waals surface area contributed by atoms with E-state index < -0.39 is 0 Å². The number of carbonyl (C=O) groups is 1. The van der Waals surface area contributed by atoms with Gasteiger partial charge in [-0.15, -0.1) is 0 Å². The molecule has 1 heterocycles. The molecular formula is C14H20N2O. The van der Waals surface area contributed by atoms with Crippen LogP contribution >= 0.6 is 0 Å². The fraction of sp³-hybridized carbons (Fsp3) is 0.500. The number of anilines is 2. The van der Waals surface area contributed by atoms with Gasteiger partial charge < -0.3 is 10.2 Å². The van der Waals surface area contributed by atoms with Crippen molar-refractivity contribution in [2.45, 2.75) is 39.7 Å². The Morgan fingerprint density at radius 2 is 1.94 bits per heavy atom. The minimum atomic E-state index is 0.147. The second-order valence-corrected chi connectivity index (χ2v) is 5.11. The van der Waals surface area contributed by atoms with Crippen LogP contribution in [0.2, 0.25) is 0 Å². The van der Waals surface area contributed by atoms with E-state index in [-0.39, 0.29) is 11.9 Å². The Kier molecular flexibility index (Phi) is 3.09. The summed E-state index contributed by atoms with van der Waals surface area (Å²) in [5.41, 5.74) is 3.42. The van der Waals surface area contributed by atoms with E-state index in [9.17, 15) is 4.79 Å². The van der Waals surface area contributed by atoms with Gasteiger partial charge in [0.15, 0.2) is 0 Å². The van der Waals surface area contributed by atoms with E-state index in [2.05, 4.69) is 39.1 Å². The summed E-state index contributed by atoms with van der Waals surface area (Å²) in [6, 6.07) is 6.38. The van der Waals surface area contributed by atoms with Gasteiger partial charge in [-0.25, -0.2) is 0 Å². The lowest BCUT2D eigenvalue weighted by Gasteiger charge is -2.34. The topological polar surface area (TPSA) is 32.3 Å². The quantitative estimate of drug-likeness (QED) is 0.850. The van der Waals surface area contributed by atoms with Crippen LogP contribution in [0.4, 0.5) is 11.4 Å². The van der Waals surface area contributed by atoms with Gasteiger partial charge in [0.05, 0.1) is 17.9 Å². The Morgan fingerprint density at radius 3 is 2.53 bits per heavy atom. The second kappa shape index (κ2) is 4.40.